The van der Waals surface area contributed by atoms with Gasteiger partial charge in [-0.25, -0.2) is 17.6 Å². The molecule has 0 aliphatic carbocycles. The lowest BCUT2D eigenvalue weighted by molar-refractivity contribution is -0.143. The zero-order valence-electron chi connectivity index (χ0n) is 10.7. The molecule has 1 aromatic heterocycles. The molecule has 0 amide bonds. The van der Waals surface area contributed by atoms with Crippen LogP contribution >= 0.6 is 0 Å². The molecule has 2 nitrogen and oxygen atoms in total. The summed E-state index contributed by atoms with van der Waals surface area (Å²) in [5.74, 6) is -9.47. The number of hydrogen-bond acceptors (Lipinski definition) is 1. The van der Waals surface area contributed by atoms with E-state index < -0.39 is 51.7 Å². The SMILES string of the molecule is Cn1cc(-c2c(F)c(F)c(C(F)(F)F)c(F)c2F)ccc1=O. The number of benzene rings is 1. The number of halogens is 7. The van der Waals surface area contributed by atoms with Crippen LogP contribution in [-0.2, 0) is 13.2 Å². The molecule has 0 aliphatic heterocycles. The van der Waals surface area contributed by atoms with Crippen molar-refractivity contribution in [3.8, 4) is 11.1 Å². The second-order valence-electron chi connectivity index (χ2n) is 4.37. The van der Waals surface area contributed by atoms with Gasteiger partial charge in [0.15, 0.2) is 23.3 Å². The second kappa shape index (κ2) is 5.15. The fourth-order valence-electron chi connectivity index (χ4n) is 1.88. The lowest BCUT2D eigenvalue weighted by Crippen LogP contribution is -2.17. The normalized spacial score (nSPS) is 11.8. The Morgan fingerprint density at radius 1 is 0.909 bits per heavy atom. The molecule has 1 heterocycles. The molecule has 118 valence electrons. The van der Waals surface area contributed by atoms with Crippen LogP contribution in [0, 0.1) is 23.3 Å². The van der Waals surface area contributed by atoms with Gasteiger partial charge in [0, 0.05) is 24.9 Å². The fourth-order valence-corrected chi connectivity index (χ4v) is 1.88. The van der Waals surface area contributed by atoms with Crippen LogP contribution in [0.25, 0.3) is 11.1 Å². The summed E-state index contributed by atoms with van der Waals surface area (Å²) >= 11 is 0. The van der Waals surface area contributed by atoms with Crippen LogP contribution in [0.1, 0.15) is 5.56 Å². The van der Waals surface area contributed by atoms with Crippen molar-refractivity contribution >= 4 is 0 Å². The molecule has 0 bridgehead atoms. The third-order valence-corrected chi connectivity index (χ3v) is 2.92. The van der Waals surface area contributed by atoms with Crippen molar-refractivity contribution in [2.24, 2.45) is 7.05 Å². The molecule has 22 heavy (non-hydrogen) atoms. The first-order chi connectivity index (χ1) is 10.1. The molecule has 9 heteroatoms. The molecule has 0 radical (unpaired) electrons. The first kappa shape index (κ1) is 16.1. The minimum atomic E-state index is -5.60. The van der Waals surface area contributed by atoms with Crippen LogP contribution in [0.15, 0.2) is 23.1 Å². The highest BCUT2D eigenvalue weighted by atomic mass is 19.4. The second-order valence-corrected chi connectivity index (χ2v) is 4.37. The lowest BCUT2D eigenvalue weighted by atomic mass is 10.0. The number of alkyl halides is 3. The summed E-state index contributed by atoms with van der Waals surface area (Å²) in [6.45, 7) is 0. The minimum Gasteiger partial charge on any atom is -0.318 e. The molecular weight excluding hydrogens is 319 g/mol. The molecule has 0 aliphatic rings. The first-order valence-corrected chi connectivity index (χ1v) is 5.66. The van der Waals surface area contributed by atoms with Gasteiger partial charge >= 0.3 is 6.18 Å². The van der Waals surface area contributed by atoms with Crippen molar-refractivity contribution in [3.05, 3.63) is 57.5 Å². The van der Waals surface area contributed by atoms with Gasteiger partial charge < -0.3 is 4.57 Å². The maximum atomic E-state index is 13.8. The largest absolute Gasteiger partial charge is 0.422 e. The van der Waals surface area contributed by atoms with Gasteiger partial charge in [0.2, 0.25) is 5.56 Å². The van der Waals surface area contributed by atoms with Crippen LogP contribution in [-0.4, -0.2) is 4.57 Å². The van der Waals surface area contributed by atoms with Crippen molar-refractivity contribution in [3.63, 3.8) is 0 Å². The Labute approximate surface area is 118 Å². The zero-order chi connectivity index (χ0) is 16.8. The number of aromatic nitrogens is 1. The quantitative estimate of drug-likeness (QED) is 0.580. The average Bonchev–Trinajstić information content (AvgIpc) is 2.39. The van der Waals surface area contributed by atoms with E-state index in [4.69, 9.17) is 0 Å². The predicted molar refractivity (Wildman–Crippen MR) is 62.0 cm³/mol. The van der Waals surface area contributed by atoms with Gasteiger partial charge in [0.05, 0.1) is 5.56 Å². The Kier molecular flexibility index (Phi) is 3.76. The minimum absolute atomic E-state index is 0.483. The van der Waals surface area contributed by atoms with Crippen LogP contribution < -0.4 is 5.56 Å². The predicted octanol–water partition coefficient (Wildman–Crippen LogP) is 3.63. The van der Waals surface area contributed by atoms with E-state index in [1.165, 1.54) is 7.05 Å². The maximum Gasteiger partial charge on any atom is 0.422 e. The Morgan fingerprint density at radius 3 is 1.82 bits per heavy atom. The van der Waals surface area contributed by atoms with Crippen molar-refractivity contribution in [1.82, 2.24) is 4.57 Å². The molecule has 0 unspecified atom stereocenters. The standard InChI is InChI=1S/C13H6F7NO/c1-21-4-5(2-3-6(21)22)7-9(14)11(16)8(13(18,19)20)12(17)10(7)15/h2-4H,1H3. The number of hydrogen-bond donors (Lipinski definition) is 0. The number of pyridine rings is 1. The molecule has 1 aromatic carbocycles. The summed E-state index contributed by atoms with van der Waals surface area (Å²) in [6.07, 6.45) is -4.76. The molecule has 0 saturated heterocycles. The van der Waals surface area contributed by atoms with Gasteiger partial charge in [-0.3, -0.25) is 4.79 Å². The Morgan fingerprint density at radius 2 is 1.41 bits per heavy atom. The first-order valence-electron chi connectivity index (χ1n) is 5.66. The van der Waals surface area contributed by atoms with Gasteiger partial charge in [-0.1, -0.05) is 0 Å². The third-order valence-electron chi connectivity index (χ3n) is 2.92. The molecule has 0 fully saturated rings. The Hall–Kier alpha value is -2.32. The van der Waals surface area contributed by atoms with E-state index in [2.05, 4.69) is 0 Å². The van der Waals surface area contributed by atoms with Crippen molar-refractivity contribution in [2.45, 2.75) is 6.18 Å². The lowest BCUT2D eigenvalue weighted by Gasteiger charge is -2.14. The van der Waals surface area contributed by atoms with Gasteiger partial charge in [0.25, 0.3) is 0 Å². The van der Waals surface area contributed by atoms with Gasteiger partial charge in [-0.05, 0) is 6.07 Å². The summed E-state index contributed by atoms with van der Waals surface area (Å²) in [4.78, 5) is 11.2. The van der Waals surface area contributed by atoms with Gasteiger partial charge in [0.1, 0.15) is 5.56 Å². The fraction of sp³-hybridized carbons (Fsp3) is 0.154. The van der Waals surface area contributed by atoms with E-state index in [1.54, 1.807) is 0 Å². The highest BCUT2D eigenvalue weighted by Crippen LogP contribution is 2.39. The average molecular weight is 325 g/mol. The summed E-state index contributed by atoms with van der Waals surface area (Å²) < 4.78 is 92.8. The van der Waals surface area contributed by atoms with E-state index in [0.717, 1.165) is 22.9 Å². The zero-order valence-corrected chi connectivity index (χ0v) is 10.7. The molecule has 2 rings (SSSR count). The van der Waals surface area contributed by atoms with Crippen LogP contribution in [0.5, 0.6) is 0 Å². The molecular formula is C13H6F7NO. The molecule has 2 aromatic rings. The molecule has 0 atom stereocenters. The summed E-state index contributed by atoms with van der Waals surface area (Å²) in [6, 6.07) is 1.69. The molecule has 0 N–H and O–H groups in total. The number of aryl methyl sites for hydroxylation is 1. The van der Waals surface area contributed by atoms with E-state index in [1.807, 2.05) is 0 Å². The highest BCUT2D eigenvalue weighted by Gasteiger charge is 2.42. The highest BCUT2D eigenvalue weighted by molar-refractivity contribution is 5.65. The molecule has 0 saturated carbocycles. The topological polar surface area (TPSA) is 22.0 Å². The van der Waals surface area contributed by atoms with Crippen molar-refractivity contribution in [2.75, 3.05) is 0 Å². The van der Waals surface area contributed by atoms with Crippen molar-refractivity contribution in [1.29, 1.82) is 0 Å². The Bertz CT molecular complexity index is 778. The number of nitrogens with zero attached hydrogens (tertiary/aromatic N) is 1. The summed E-state index contributed by atoms with van der Waals surface area (Å²) in [5, 5.41) is 0. The van der Waals surface area contributed by atoms with E-state index in [9.17, 15) is 35.5 Å². The Balaban J connectivity index is 2.85. The monoisotopic (exact) mass is 325 g/mol. The summed E-state index contributed by atoms with van der Waals surface area (Å²) in [5.41, 5.74) is -5.03. The van der Waals surface area contributed by atoms with Crippen LogP contribution in [0.3, 0.4) is 0 Å². The van der Waals surface area contributed by atoms with Gasteiger partial charge in [-0.15, -0.1) is 0 Å². The van der Waals surface area contributed by atoms with E-state index in [-0.39, 0.29) is 0 Å². The van der Waals surface area contributed by atoms with Crippen LogP contribution in [0.4, 0.5) is 30.7 Å². The van der Waals surface area contributed by atoms with E-state index >= 15 is 0 Å². The van der Waals surface area contributed by atoms with Gasteiger partial charge in [-0.2, -0.15) is 13.2 Å². The van der Waals surface area contributed by atoms with Crippen molar-refractivity contribution < 1.29 is 30.7 Å². The third kappa shape index (κ3) is 2.46. The van der Waals surface area contributed by atoms with E-state index in [0.29, 0.717) is 0 Å². The summed E-state index contributed by atoms with van der Waals surface area (Å²) in [7, 11) is 1.19. The molecule has 0 spiro atoms. The van der Waals surface area contributed by atoms with Crippen LogP contribution in [0.2, 0.25) is 0 Å². The maximum absolute atomic E-state index is 13.8. The number of rotatable bonds is 1. The smallest absolute Gasteiger partial charge is 0.318 e.